The summed E-state index contributed by atoms with van der Waals surface area (Å²) >= 11 is 6.08. The van der Waals surface area contributed by atoms with E-state index in [0.717, 1.165) is 29.7 Å². The van der Waals surface area contributed by atoms with Gasteiger partial charge in [0.25, 0.3) is 0 Å². The fourth-order valence-electron chi connectivity index (χ4n) is 2.30. The number of carbonyl (C=O) groups is 1. The summed E-state index contributed by atoms with van der Waals surface area (Å²) in [6.45, 7) is 3.37. The number of fused-ring (bicyclic) bond motifs is 1. The zero-order valence-electron chi connectivity index (χ0n) is 11.2. The van der Waals surface area contributed by atoms with Gasteiger partial charge in [-0.05, 0) is 36.6 Å². The molecule has 104 valence electrons. The number of hydrogen-bond acceptors (Lipinski definition) is 3. The quantitative estimate of drug-likeness (QED) is 0.872. The molecule has 0 radical (unpaired) electrons. The van der Waals surface area contributed by atoms with E-state index in [2.05, 4.69) is 6.92 Å². The molecule has 0 saturated carbocycles. The molecular formula is C15H20ClNO2. The number of ether oxygens (including phenoxy) is 1. The Morgan fingerprint density at radius 3 is 3.05 bits per heavy atom. The Balaban J connectivity index is 2.01. The molecule has 2 rings (SSSR count). The van der Waals surface area contributed by atoms with Crippen molar-refractivity contribution in [1.82, 2.24) is 0 Å². The topological polar surface area (TPSA) is 52.3 Å². The molecule has 1 atom stereocenters. The van der Waals surface area contributed by atoms with Crippen molar-refractivity contribution in [3.05, 3.63) is 28.3 Å². The number of nitrogens with two attached hydrogens (primary N) is 1. The summed E-state index contributed by atoms with van der Waals surface area (Å²) in [6, 6.07) is 3.77. The summed E-state index contributed by atoms with van der Waals surface area (Å²) in [5.41, 5.74) is 7.59. The molecule has 1 heterocycles. The first-order valence-electron chi connectivity index (χ1n) is 6.76. The fourth-order valence-corrected chi connectivity index (χ4v) is 2.57. The van der Waals surface area contributed by atoms with Crippen molar-refractivity contribution in [1.29, 1.82) is 0 Å². The van der Waals surface area contributed by atoms with Gasteiger partial charge in [0.2, 0.25) is 0 Å². The standard InChI is InChI=1S/C15H20ClNO2/c1-10(9-17)2-3-14(18)8-12-7-13(16)6-11-4-5-19-15(11)12/h6-7,10H,2-5,8-9,17H2,1H3. The van der Waals surface area contributed by atoms with Crippen LogP contribution in [-0.2, 0) is 17.6 Å². The van der Waals surface area contributed by atoms with Gasteiger partial charge in [0.15, 0.2) is 0 Å². The highest BCUT2D eigenvalue weighted by Crippen LogP contribution is 2.33. The average Bonchev–Trinajstić information content (AvgIpc) is 2.84. The zero-order valence-corrected chi connectivity index (χ0v) is 12.0. The lowest BCUT2D eigenvalue weighted by Gasteiger charge is -2.10. The molecule has 0 aliphatic carbocycles. The summed E-state index contributed by atoms with van der Waals surface area (Å²) in [4.78, 5) is 12.0. The number of rotatable bonds is 6. The van der Waals surface area contributed by atoms with Gasteiger partial charge in [0.1, 0.15) is 11.5 Å². The molecule has 0 spiro atoms. The summed E-state index contributed by atoms with van der Waals surface area (Å²) in [5, 5.41) is 0.683. The van der Waals surface area contributed by atoms with E-state index < -0.39 is 0 Å². The number of hydrogen-bond donors (Lipinski definition) is 1. The first-order valence-corrected chi connectivity index (χ1v) is 7.13. The second kappa shape index (κ2) is 6.40. The Bertz CT molecular complexity index is 473. The SMILES string of the molecule is CC(CN)CCC(=O)Cc1cc(Cl)cc2c1OCC2. The van der Waals surface area contributed by atoms with Crippen molar-refractivity contribution >= 4 is 17.4 Å². The van der Waals surface area contributed by atoms with Gasteiger partial charge in [-0.15, -0.1) is 0 Å². The second-order valence-corrected chi connectivity index (χ2v) is 5.68. The van der Waals surface area contributed by atoms with Crippen LogP contribution >= 0.6 is 11.6 Å². The lowest BCUT2D eigenvalue weighted by molar-refractivity contribution is -0.118. The summed E-state index contributed by atoms with van der Waals surface area (Å²) in [7, 11) is 0. The van der Waals surface area contributed by atoms with Crippen molar-refractivity contribution < 1.29 is 9.53 Å². The molecule has 4 heteroatoms. The van der Waals surface area contributed by atoms with Crippen LogP contribution in [0.5, 0.6) is 5.75 Å². The largest absolute Gasteiger partial charge is 0.493 e. The highest BCUT2D eigenvalue weighted by Gasteiger charge is 2.19. The average molecular weight is 282 g/mol. The van der Waals surface area contributed by atoms with E-state index in [9.17, 15) is 4.79 Å². The molecule has 0 fully saturated rings. The second-order valence-electron chi connectivity index (χ2n) is 5.25. The van der Waals surface area contributed by atoms with E-state index in [0.29, 0.717) is 36.9 Å². The molecule has 1 aliphatic rings. The molecule has 0 aromatic heterocycles. The van der Waals surface area contributed by atoms with Gasteiger partial charge in [-0.2, -0.15) is 0 Å². The Hall–Kier alpha value is -1.06. The Morgan fingerprint density at radius 2 is 2.32 bits per heavy atom. The van der Waals surface area contributed by atoms with Crippen molar-refractivity contribution in [2.45, 2.75) is 32.6 Å². The number of Topliss-reactive ketones (excluding diaryl/α,β-unsaturated/α-hetero) is 1. The van der Waals surface area contributed by atoms with Crippen LogP contribution < -0.4 is 10.5 Å². The molecule has 0 amide bonds. The van der Waals surface area contributed by atoms with Gasteiger partial charge in [-0.1, -0.05) is 18.5 Å². The minimum atomic E-state index is 0.222. The van der Waals surface area contributed by atoms with E-state index in [1.54, 1.807) is 0 Å². The third-order valence-electron chi connectivity index (χ3n) is 3.53. The fraction of sp³-hybridized carbons (Fsp3) is 0.533. The van der Waals surface area contributed by atoms with Crippen molar-refractivity contribution in [2.75, 3.05) is 13.2 Å². The molecule has 2 N–H and O–H groups in total. The van der Waals surface area contributed by atoms with Crippen LogP contribution in [0.1, 0.15) is 30.9 Å². The van der Waals surface area contributed by atoms with Crippen LogP contribution in [0, 0.1) is 5.92 Å². The maximum atomic E-state index is 12.0. The third kappa shape index (κ3) is 3.71. The van der Waals surface area contributed by atoms with Crippen LogP contribution in [-0.4, -0.2) is 18.9 Å². The van der Waals surface area contributed by atoms with E-state index in [1.807, 2.05) is 12.1 Å². The van der Waals surface area contributed by atoms with Gasteiger partial charge < -0.3 is 10.5 Å². The molecule has 3 nitrogen and oxygen atoms in total. The minimum absolute atomic E-state index is 0.222. The van der Waals surface area contributed by atoms with E-state index in [-0.39, 0.29) is 5.78 Å². The number of benzene rings is 1. The van der Waals surface area contributed by atoms with Crippen LogP contribution in [0.3, 0.4) is 0 Å². The van der Waals surface area contributed by atoms with Crippen molar-refractivity contribution in [3.63, 3.8) is 0 Å². The Kier molecular flexibility index (Phi) is 4.83. The smallest absolute Gasteiger partial charge is 0.137 e. The van der Waals surface area contributed by atoms with E-state index in [4.69, 9.17) is 22.1 Å². The van der Waals surface area contributed by atoms with Gasteiger partial charge in [0.05, 0.1) is 6.61 Å². The summed E-state index contributed by atoms with van der Waals surface area (Å²) in [6.07, 6.45) is 2.69. The van der Waals surface area contributed by atoms with Gasteiger partial charge in [-0.3, -0.25) is 4.79 Å². The lowest BCUT2D eigenvalue weighted by Crippen LogP contribution is -2.13. The third-order valence-corrected chi connectivity index (χ3v) is 3.75. The molecule has 1 unspecified atom stereocenters. The highest BCUT2D eigenvalue weighted by molar-refractivity contribution is 6.30. The summed E-state index contributed by atoms with van der Waals surface area (Å²) in [5.74, 6) is 1.48. The maximum Gasteiger partial charge on any atom is 0.137 e. The number of halogens is 1. The predicted octanol–water partition coefficient (Wildman–Crippen LogP) is 2.76. The van der Waals surface area contributed by atoms with Crippen molar-refractivity contribution in [3.8, 4) is 5.75 Å². The molecule has 0 saturated heterocycles. The van der Waals surface area contributed by atoms with Crippen molar-refractivity contribution in [2.24, 2.45) is 11.7 Å². The first kappa shape index (κ1) is 14.4. The van der Waals surface area contributed by atoms with Crippen LogP contribution in [0.2, 0.25) is 5.02 Å². The normalized spacial score (nSPS) is 14.9. The number of ketones is 1. The molecule has 1 aliphatic heterocycles. The molecule has 1 aromatic carbocycles. The summed E-state index contributed by atoms with van der Waals surface area (Å²) < 4.78 is 5.60. The molecule has 1 aromatic rings. The van der Waals surface area contributed by atoms with Gasteiger partial charge in [0, 0.05) is 29.8 Å². The predicted molar refractivity (Wildman–Crippen MR) is 76.8 cm³/mol. The molecule has 19 heavy (non-hydrogen) atoms. The van der Waals surface area contributed by atoms with Gasteiger partial charge >= 0.3 is 0 Å². The van der Waals surface area contributed by atoms with E-state index >= 15 is 0 Å². The van der Waals surface area contributed by atoms with Crippen LogP contribution in [0.25, 0.3) is 0 Å². The Morgan fingerprint density at radius 1 is 1.53 bits per heavy atom. The maximum absolute atomic E-state index is 12.0. The Labute approximate surface area is 119 Å². The highest BCUT2D eigenvalue weighted by atomic mass is 35.5. The molecule has 0 bridgehead atoms. The lowest BCUT2D eigenvalue weighted by atomic mass is 9.98. The van der Waals surface area contributed by atoms with Crippen LogP contribution in [0.15, 0.2) is 12.1 Å². The van der Waals surface area contributed by atoms with E-state index in [1.165, 1.54) is 0 Å². The first-order chi connectivity index (χ1) is 9.10. The van der Waals surface area contributed by atoms with Crippen LogP contribution in [0.4, 0.5) is 0 Å². The molecular weight excluding hydrogens is 262 g/mol. The number of carbonyl (C=O) groups excluding carboxylic acids is 1. The van der Waals surface area contributed by atoms with Gasteiger partial charge in [-0.25, -0.2) is 0 Å². The minimum Gasteiger partial charge on any atom is -0.493 e. The zero-order chi connectivity index (χ0) is 13.8. The monoisotopic (exact) mass is 281 g/mol.